The molecule has 76 valence electrons. The molecule has 0 aliphatic heterocycles. The highest BCUT2D eigenvalue weighted by Crippen LogP contribution is 2.11. The van der Waals surface area contributed by atoms with E-state index in [1.807, 2.05) is 6.92 Å². The van der Waals surface area contributed by atoms with E-state index in [-0.39, 0.29) is 0 Å². The van der Waals surface area contributed by atoms with Crippen LogP contribution in [-0.2, 0) is 13.0 Å². The average molecular weight is 195 g/mol. The minimum Gasteiger partial charge on any atom is -0.465 e. The van der Waals surface area contributed by atoms with Crippen LogP contribution in [0.3, 0.4) is 0 Å². The van der Waals surface area contributed by atoms with Crippen LogP contribution in [0.15, 0.2) is 12.1 Å². The molecule has 4 N–H and O–H groups in total. The van der Waals surface area contributed by atoms with Crippen LogP contribution < -0.4 is 11.1 Å². The Morgan fingerprint density at radius 2 is 2.36 bits per heavy atom. The van der Waals surface area contributed by atoms with Gasteiger partial charge in [-0.25, -0.2) is 9.78 Å². The van der Waals surface area contributed by atoms with E-state index in [2.05, 4.69) is 10.3 Å². The van der Waals surface area contributed by atoms with Crippen molar-refractivity contribution in [1.82, 2.24) is 4.98 Å². The lowest BCUT2D eigenvalue weighted by Gasteiger charge is -2.06. The molecule has 0 fully saturated rings. The Morgan fingerprint density at radius 3 is 2.86 bits per heavy atom. The van der Waals surface area contributed by atoms with Crippen molar-refractivity contribution in [2.45, 2.75) is 19.9 Å². The van der Waals surface area contributed by atoms with E-state index in [1.165, 1.54) is 0 Å². The number of pyridine rings is 1. The van der Waals surface area contributed by atoms with Crippen molar-refractivity contribution in [3.63, 3.8) is 0 Å². The molecule has 1 rings (SSSR count). The van der Waals surface area contributed by atoms with Crippen molar-refractivity contribution >= 4 is 11.9 Å². The van der Waals surface area contributed by atoms with Crippen LogP contribution in [0.5, 0.6) is 0 Å². The van der Waals surface area contributed by atoms with E-state index in [0.717, 1.165) is 17.7 Å². The van der Waals surface area contributed by atoms with Gasteiger partial charge in [-0.1, -0.05) is 13.0 Å². The van der Waals surface area contributed by atoms with Gasteiger partial charge in [-0.05, 0) is 18.1 Å². The quantitative estimate of drug-likeness (QED) is 0.676. The number of hydrogen-bond acceptors (Lipinski definition) is 3. The zero-order chi connectivity index (χ0) is 10.6. The van der Waals surface area contributed by atoms with Gasteiger partial charge in [0.25, 0.3) is 0 Å². The molecule has 0 unspecified atom stereocenters. The summed E-state index contributed by atoms with van der Waals surface area (Å²) < 4.78 is 0. The molecule has 5 heteroatoms. The topological polar surface area (TPSA) is 88.2 Å². The van der Waals surface area contributed by atoms with Crippen LogP contribution in [0, 0.1) is 0 Å². The largest absolute Gasteiger partial charge is 0.465 e. The first-order valence-electron chi connectivity index (χ1n) is 4.36. The number of hydrogen-bond donors (Lipinski definition) is 3. The minimum atomic E-state index is -1.11. The van der Waals surface area contributed by atoms with Crippen molar-refractivity contribution in [2.24, 2.45) is 5.73 Å². The van der Waals surface area contributed by atoms with E-state index in [0.29, 0.717) is 12.4 Å². The molecular formula is C9H13N3O2. The molecule has 14 heavy (non-hydrogen) atoms. The fourth-order valence-corrected chi connectivity index (χ4v) is 1.20. The third kappa shape index (κ3) is 2.43. The number of nitrogens with two attached hydrogens (primary N) is 1. The molecule has 0 radical (unpaired) electrons. The molecular weight excluding hydrogens is 182 g/mol. The highest BCUT2D eigenvalue weighted by Gasteiger charge is 2.04. The number of rotatable bonds is 3. The Labute approximate surface area is 82.0 Å². The second kappa shape index (κ2) is 4.57. The van der Waals surface area contributed by atoms with Gasteiger partial charge in [-0.2, -0.15) is 0 Å². The summed E-state index contributed by atoms with van der Waals surface area (Å²) in [4.78, 5) is 14.5. The lowest BCUT2D eigenvalue weighted by Crippen LogP contribution is -2.11. The second-order valence-corrected chi connectivity index (χ2v) is 2.79. The van der Waals surface area contributed by atoms with Crippen LogP contribution in [-0.4, -0.2) is 16.2 Å². The zero-order valence-electron chi connectivity index (χ0n) is 7.95. The number of amides is 1. The van der Waals surface area contributed by atoms with Gasteiger partial charge in [0.1, 0.15) is 5.82 Å². The molecule has 0 aromatic carbocycles. The first-order chi connectivity index (χ1) is 6.67. The van der Waals surface area contributed by atoms with Gasteiger partial charge >= 0.3 is 6.09 Å². The zero-order valence-corrected chi connectivity index (χ0v) is 7.95. The number of carbonyl (C=O) groups is 1. The predicted molar refractivity (Wildman–Crippen MR) is 53.2 cm³/mol. The fraction of sp³-hybridized carbons (Fsp3) is 0.333. The first kappa shape index (κ1) is 10.5. The van der Waals surface area contributed by atoms with E-state index in [9.17, 15) is 4.79 Å². The van der Waals surface area contributed by atoms with E-state index in [1.54, 1.807) is 12.1 Å². The average Bonchev–Trinajstić information content (AvgIpc) is 2.16. The molecule has 0 atom stereocenters. The van der Waals surface area contributed by atoms with Crippen LogP contribution in [0.2, 0.25) is 0 Å². The molecule has 1 heterocycles. The van der Waals surface area contributed by atoms with E-state index in [4.69, 9.17) is 10.8 Å². The predicted octanol–water partition coefficient (Wildman–Crippen LogP) is 1.19. The summed E-state index contributed by atoms with van der Waals surface area (Å²) in [7, 11) is 0. The Balaban J connectivity index is 2.95. The Kier molecular flexibility index (Phi) is 3.41. The maximum atomic E-state index is 10.3. The molecule has 5 nitrogen and oxygen atoms in total. The smallest absolute Gasteiger partial charge is 0.410 e. The van der Waals surface area contributed by atoms with Crippen molar-refractivity contribution in [3.8, 4) is 0 Å². The van der Waals surface area contributed by atoms with Crippen molar-refractivity contribution in [2.75, 3.05) is 5.32 Å². The van der Waals surface area contributed by atoms with Crippen LogP contribution in [0.4, 0.5) is 10.6 Å². The molecule has 0 aliphatic carbocycles. The number of nitrogens with one attached hydrogen (secondary N) is 1. The number of carboxylic acid groups (broad SMARTS) is 1. The van der Waals surface area contributed by atoms with E-state index >= 15 is 0 Å². The second-order valence-electron chi connectivity index (χ2n) is 2.79. The lowest BCUT2D eigenvalue weighted by atomic mass is 10.1. The van der Waals surface area contributed by atoms with Gasteiger partial charge in [-0.3, -0.25) is 5.32 Å². The summed E-state index contributed by atoms with van der Waals surface area (Å²) in [6, 6.07) is 3.40. The van der Waals surface area contributed by atoms with Gasteiger partial charge < -0.3 is 10.8 Å². The van der Waals surface area contributed by atoms with Gasteiger partial charge in [0.15, 0.2) is 0 Å². The highest BCUT2D eigenvalue weighted by molar-refractivity contribution is 5.81. The molecule has 0 saturated heterocycles. The van der Waals surface area contributed by atoms with Crippen molar-refractivity contribution in [3.05, 3.63) is 23.4 Å². The summed E-state index contributed by atoms with van der Waals surface area (Å²) in [5, 5.41) is 10.7. The Bertz CT molecular complexity index is 339. The normalized spacial score (nSPS) is 9.86. The monoisotopic (exact) mass is 195 g/mol. The van der Waals surface area contributed by atoms with E-state index < -0.39 is 6.09 Å². The molecule has 1 aromatic rings. The Morgan fingerprint density at radius 1 is 1.64 bits per heavy atom. The maximum absolute atomic E-state index is 10.3. The Hall–Kier alpha value is -1.62. The fourth-order valence-electron chi connectivity index (χ4n) is 1.20. The third-order valence-electron chi connectivity index (χ3n) is 1.86. The molecule has 0 aliphatic rings. The molecule has 1 aromatic heterocycles. The molecule has 1 amide bonds. The SMILES string of the molecule is CCc1nc(NC(=O)O)ccc1CN. The summed E-state index contributed by atoms with van der Waals surface area (Å²) in [5.41, 5.74) is 7.28. The molecule has 0 bridgehead atoms. The summed E-state index contributed by atoms with van der Waals surface area (Å²) in [5.74, 6) is 0.339. The minimum absolute atomic E-state index is 0.339. The van der Waals surface area contributed by atoms with Crippen LogP contribution >= 0.6 is 0 Å². The van der Waals surface area contributed by atoms with Gasteiger partial charge in [0.2, 0.25) is 0 Å². The maximum Gasteiger partial charge on any atom is 0.410 e. The number of nitrogens with zero attached hydrogens (tertiary/aromatic N) is 1. The molecule has 0 saturated carbocycles. The molecule has 0 spiro atoms. The standard InChI is InChI=1S/C9H13N3O2/c1-2-7-6(5-10)3-4-8(11-7)12-9(13)14/h3-4H,2,5,10H2,1H3,(H,11,12)(H,13,14). The third-order valence-corrected chi connectivity index (χ3v) is 1.86. The van der Waals surface area contributed by atoms with Crippen molar-refractivity contribution < 1.29 is 9.90 Å². The highest BCUT2D eigenvalue weighted by atomic mass is 16.4. The van der Waals surface area contributed by atoms with Crippen LogP contribution in [0.25, 0.3) is 0 Å². The summed E-state index contributed by atoms with van der Waals surface area (Å²) in [6.07, 6.45) is -0.373. The number of aromatic nitrogens is 1. The summed E-state index contributed by atoms with van der Waals surface area (Å²) in [6.45, 7) is 2.37. The van der Waals surface area contributed by atoms with Crippen molar-refractivity contribution in [1.29, 1.82) is 0 Å². The number of anilines is 1. The lowest BCUT2D eigenvalue weighted by molar-refractivity contribution is 0.209. The van der Waals surface area contributed by atoms with Crippen LogP contribution in [0.1, 0.15) is 18.2 Å². The summed E-state index contributed by atoms with van der Waals surface area (Å²) >= 11 is 0. The van der Waals surface area contributed by atoms with Gasteiger partial charge in [0, 0.05) is 12.2 Å². The first-order valence-corrected chi connectivity index (χ1v) is 4.36. The van der Waals surface area contributed by atoms with Gasteiger partial charge in [0.05, 0.1) is 0 Å². The van der Waals surface area contributed by atoms with Gasteiger partial charge in [-0.15, -0.1) is 0 Å². The number of aryl methyl sites for hydroxylation is 1.